The molecule has 0 fully saturated rings. The molecule has 1 amide bonds. The lowest BCUT2D eigenvalue weighted by Crippen LogP contribution is -2.46. The van der Waals surface area contributed by atoms with Crippen molar-refractivity contribution in [2.45, 2.75) is 257 Å². The van der Waals surface area contributed by atoms with Crippen LogP contribution in [-0.2, 0) is 14.3 Å². The predicted molar refractivity (Wildman–Crippen MR) is 209 cm³/mol. The van der Waals surface area contributed by atoms with Crippen LogP contribution in [0.5, 0.6) is 0 Å². The number of aliphatic hydroxyl groups excluding tert-OH is 2. The van der Waals surface area contributed by atoms with Gasteiger partial charge >= 0.3 is 5.97 Å². The topological polar surface area (TPSA) is 95.9 Å². The Hall–Kier alpha value is -1.14. The zero-order chi connectivity index (χ0) is 36.0. The number of rotatable bonds is 39. The van der Waals surface area contributed by atoms with Crippen molar-refractivity contribution in [2.75, 3.05) is 6.61 Å². The largest absolute Gasteiger partial charge is 0.462 e. The van der Waals surface area contributed by atoms with Gasteiger partial charge in [0, 0.05) is 6.42 Å². The average Bonchev–Trinajstić information content (AvgIpc) is 3.09. The number of ether oxygens (including phenoxy) is 1. The van der Waals surface area contributed by atoms with Crippen molar-refractivity contribution in [1.82, 2.24) is 5.32 Å². The molecule has 0 aromatic carbocycles. The third-order valence-corrected chi connectivity index (χ3v) is 10.2. The highest BCUT2D eigenvalue weighted by molar-refractivity contribution is 5.77. The number of aliphatic hydroxyl groups is 2. The normalized spacial score (nSPS) is 13.3. The van der Waals surface area contributed by atoms with E-state index in [9.17, 15) is 19.8 Å². The summed E-state index contributed by atoms with van der Waals surface area (Å²) in [6.07, 6.45) is 37.4. The maximum absolute atomic E-state index is 13.0. The molecule has 0 bridgehead atoms. The van der Waals surface area contributed by atoms with Crippen molar-refractivity contribution in [3.8, 4) is 0 Å². The summed E-state index contributed by atoms with van der Waals surface area (Å²) >= 11 is 0. The number of nitrogens with one attached hydrogen (secondary N) is 1. The average molecular weight is 696 g/mol. The maximum atomic E-state index is 13.0. The van der Waals surface area contributed by atoms with E-state index < -0.39 is 18.2 Å². The van der Waals surface area contributed by atoms with Gasteiger partial charge in [0.15, 0.2) is 0 Å². The monoisotopic (exact) mass is 696 g/mol. The molecule has 3 N–H and O–H groups in total. The van der Waals surface area contributed by atoms with Crippen LogP contribution in [0.1, 0.15) is 239 Å². The molecule has 6 nitrogen and oxygen atoms in total. The van der Waals surface area contributed by atoms with Gasteiger partial charge < -0.3 is 20.3 Å². The minimum absolute atomic E-state index is 0.0847. The van der Waals surface area contributed by atoms with Crippen molar-refractivity contribution in [2.24, 2.45) is 0 Å². The molecule has 0 aromatic rings. The molecule has 0 aliphatic rings. The lowest BCUT2D eigenvalue weighted by atomic mass is 10.0. The van der Waals surface area contributed by atoms with E-state index in [2.05, 4.69) is 26.1 Å². The van der Waals surface area contributed by atoms with Crippen molar-refractivity contribution in [3.63, 3.8) is 0 Å². The van der Waals surface area contributed by atoms with Crippen molar-refractivity contribution >= 4 is 11.9 Å². The third-order valence-electron chi connectivity index (χ3n) is 10.2. The van der Waals surface area contributed by atoms with Crippen LogP contribution >= 0.6 is 0 Å². The molecule has 292 valence electrons. The van der Waals surface area contributed by atoms with Crippen LogP contribution in [-0.4, -0.2) is 46.9 Å². The highest BCUT2D eigenvalue weighted by atomic mass is 16.5. The molecule has 0 heterocycles. The van der Waals surface area contributed by atoms with Crippen LogP contribution < -0.4 is 5.32 Å². The standard InChI is InChI=1S/C43H85NO5/c1-4-7-10-13-16-18-19-20-21-22-24-26-29-32-35-41(46)40(38-45)44-42(47)37-39(34-31-28-25-15-12-9-6-3)49-43(48)36-33-30-27-23-17-14-11-8-5-2/h39-41,45-46H,4-38H2,1-3H3,(H,44,47). The first-order valence-electron chi connectivity index (χ1n) is 21.8. The van der Waals surface area contributed by atoms with Crippen LogP contribution in [0.25, 0.3) is 0 Å². The quantitative estimate of drug-likeness (QED) is 0.0439. The Morgan fingerprint density at radius 1 is 0.510 bits per heavy atom. The third kappa shape index (κ3) is 33.7. The Bertz CT molecular complexity index is 702. The molecule has 0 spiro atoms. The molecule has 0 saturated carbocycles. The predicted octanol–water partition coefficient (Wildman–Crippen LogP) is 12.1. The highest BCUT2D eigenvalue weighted by Gasteiger charge is 2.24. The number of hydrogen-bond acceptors (Lipinski definition) is 5. The summed E-state index contributed by atoms with van der Waals surface area (Å²) < 4.78 is 5.85. The molecule has 0 aliphatic carbocycles. The lowest BCUT2D eigenvalue weighted by Gasteiger charge is -2.24. The molecule has 3 atom stereocenters. The number of esters is 1. The summed E-state index contributed by atoms with van der Waals surface area (Å²) in [6.45, 7) is 6.43. The van der Waals surface area contributed by atoms with Gasteiger partial charge in [0.1, 0.15) is 6.10 Å². The lowest BCUT2D eigenvalue weighted by molar-refractivity contribution is -0.151. The number of carbonyl (C=O) groups is 2. The van der Waals surface area contributed by atoms with Gasteiger partial charge in [-0.05, 0) is 25.7 Å². The number of amides is 1. The number of unbranched alkanes of at least 4 members (excludes halogenated alkanes) is 27. The fraction of sp³-hybridized carbons (Fsp3) is 0.953. The number of carbonyl (C=O) groups excluding carboxylic acids is 2. The second-order valence-corrected chi connectivity index (χ2v) is 15.1. The van der Waals surface area contributed by atoms with Gasteiger partial charge in [-0.3, -0.25) is 9.59 Å². The molecule has 0 aliphatic heterocycles. The summed E-state index contributed by atoms with van der Waals surface area (Å²) in [6, 6.07) is -0.689. The van der Waals surface area contributed by atoms with E-state index in [1.165, 1.54) is 148 Å². The molecule has 0 radical (unpaired) electrons. The van der Waals surface area contributed by atoms with Gasteiger partial charge in [0.2, 0.25) is 5.91 Å². The van der Waals surface area contributed by atoms with Crippen molar-refractivity contribution < 1.29 is 24.5 Å². The Morgan fingerprint density at radius 2 is 0.857 bits per heavy atom. The first kappa shape index (κ1) is 47.9. The van der Waals surface area contributed by atoms with Gasteiger partial charge in [0.05, 0.1) is 25.2 Å². The van der Waals surface area contributed by atoms with Gasteiger partial charge in [-0.1, -0.05) is 201 Å². The zero-order valence-electron chi connectivity index (χ0n) is 33.1. The minimum Gasteiger partial charge on any atom is -0.462 e. The van der Waals surface area contributed by atoms with Crippen LogP contribution in [0, 0.1) is 0 Å². The second-order valence-electron chi connectivity index (χ2n) is 15.1. The van der Waals surface area contributed by atoms with Crippen LogP contribution in [0.2, 0.25) is 0 Å². The van der Waals surface area contributed by atoms with E-state index in [0.717, 1.165) is 44.9 Å². The summed E-state index contributed by atoms with van der Waals surface area (Å²) in [5.74, 6) is -0.469. The van der Waals surface area contributed by atoms with Crippen molar-refractivity contribution in [3.05, 3.63) is 0 Å². The van der Waals surface area contributed by atoms with Gasteiger partial charge in [-0.15, -0.1) is 0 Å². The van der Waals surface area contributed by atoms with Crippen molar-refractivity contribution in [1.29, 1.82) is 0 Å². The summed E-state index contributed by atoms with van der Waals surface area (Å²) in [5, 5.41) is 23.5. The maximum Gasteiger partial charge on any atom is 0.306 e. The van der Waals surface area contributed by atoms with Gasteiger partial charge in [-0.25, -0.2) is 0 Å². The van der Waals surface area contributed by atoms with E-state index in [4.69, 9.17) is 4.74 Å². The summed E-state index contributed by atoms with van der Waals surface area (Å²) in [7, 11) is 0. The molecule has 0 rings (SSSR count). The first-order chi connectivity index (χ1) is 24.0. The molecular weight excluding hydrogens is 610 g/mol. The number of hydrogen-bond donors (Lipinski definition) is 3. The van der Waals surface area contributed by atoms with Crippen LogP contribution in [0.15, 0.2) is 0 Å². The fourth-order valence-corrected chi connectivity index (χ4v) is 6.84. The molecule has 0 aromatic heterocycles. The van der Waals surface area contributed by atoms with Crippen LogP contribution in [0.3, 0.4) is 0 Å². The highest BCUT2D eigenvalue weighted by Crippen LogP contribution is 2.18. The Balaban J connectivity index is 4.39. The summed E-state index contributed by atoms with van der Waals surface area (Å²) in [5.41, 5.74) is 0. The van der Waals surface area contributed by atoms with Crippen LogP contribution in [0.4, 0.5) is 0 Å². The smallest absolute Gasteiger partial charge is 0.306 e. The fourth-order valence-electron chi connectivity index (χ4n) is 6.84. The van der Waals surface area contributed by atoms with E-state index in [1.807, 2.05) is 0 Å². The second kappa shape index (κ2) is 38.1. The van der Waals surface area contributed by atoms with E-state index in [0.29, 0.717) is 19.3 Å². The Labute approximate surface area is 305 Å². The Kier molecular flexibility index (Phi) is 37.2. The molecule has 3 unspecified atom stereocenters. The molecule has 0 saturated heterocycles. The first-order valence-corrected chi connectivity index (χ1v) is 21.8. The van der Waals surface area contributed by atoms with E-state index in [1.54, 1.807) is 0 Å². The zero-order valence-corrected chi connectivity index (χ0v) is 33.1. The molecule has 49 heavy (non-hydrogen) atoms. The SMILES string of the molecule is CCCCCCCCCCCCCCCCC(O)C(CO)NC(=O)CC(CCCCCCCCC)OC(=O)CCCCCCCCCCC. The molecule has 6 heteroatoms. The minimum atomic E-state index is -0.776. The Morgan fingerprint density at radius 3 is 1.24 bits per heavy atom. The van der Waals surface area contributed by atoms with E-state index in [-0.39, 0.29) is 24.9 Å². The van der Waals surface area contributed by atoms with Gasteiger partial charge in [-0.2, -0.15) is 0 Å². The van der Waals surface area contributed by atoms with E-state index >= 15 is 0 Å². The van der Waals surface area contributed by atoms with Gasteiger partial charge in [0.25, 0.3) is 0 Å². The summed E-state index contributed by atoms with van der Waals surface area (Å²) in [4.78, 5) is 25.7. The molecular formula is C43H85NO5.